The highest BCUT2D eigenvalue weighted by molar-refractivity contribution is 7.89. The lowest BCUT2D eigenvalue weighted by molar-refractivity contribution is 0.0265. The van der Waals surface area contributed by atoms with E-state index in [1.54, 1.807) is 0 Å². The number of ether oxygens (including phenoxy) is 1. The molecule has 0 aromatic rings. The third-order valence-corrected chi connectivity index (χ3v) is 5.68. The Labute approximate surface area is 122 Å². The van der Waals surface area contributed by atoms with Crippen molar-refractivity contribution in [3.05, 3.63) is 0 Å². The molecule has 2 N–H and O–H groups in total. The fraction of sp³-hybridized carbons (Fsp3) is 1.00. The molecule has 0 aromatic heterocycles. The van der Waals surface area contributed by atoms with Gasteiger partial charge in [-0.15, -0.1) is 0 Å². The van der Waals surface area contributed by atoms with Gasteiger partial charge in [0.15, 0.2) is 0 Å². The Hall–Kier alpha value is -0.170. The van der Waals surface area contributed by atoms with Gasteiger partial charge in [-0.2, -0.15) is 0 Å². The van der Waals surface area contributed by atoms with Crippen LogP contribution in [0.1, 0.15) is 45.4 Å². The summed E-state index contributed by atoms with van der Waals surface area (Å²) in [5.41, 5.74) is 0.0544. The largest absolute Gasteiger partial charge is 0.381 e. The van der Waals surface area contributed by atoms with Gasteiger partial charge in [-0.05, 0) is 50.5 Å². The Morgan fingerprint density at radius 1 is 1.20 bits per heavy atom. The third-order valence-electron chi connectivity index (χ3n) is 4.27. The number of rotatable bonds is 9. The molecule has 20 heavy (non-hydrogen) atoms. The summed E-state index contributed by atoms with van der Waals surface area (Å²) in [6.07, 6.45) is 6.09. The van der Waals surface area contributed by atoms with Crippen molar-refractivity contribution in [2.75, 3.05) is 32.1 Å². The van der Waals surface area contributed by atoms with Gasteiger partial charge in [0.05, 0.1) is 5.75 Å². The highest BCUT2D eigenvalue weighted by Crippen LogP contribution is 2.28. The van der Waals surface area contributed by atoms with Gasteiger partial charge in [0.2, 0.25) is 10.0 Å². The van der Waals surface area contributed by atoms with Crippen LogP contribution in [0.5, 0.6) is 0 Å². The number of hydrogen-bond acceptors (Lipinski definition) is 4. The van der Waals surface area contributed by atoms with Crippen LogP contribution in [0, 0.1) is 5.41 Å². The first-order valence-corrected chi connectivity index (χ1v) is 9.43. The van der Waals surface area contributed by atoms with Crippen LogP contribution < -0.4 is 10.0 Å². The fourth-order valence-corrected chi connectivity index (χ4v) is 3.70. The summed E-state index contributed by atoms with van der Waals surface area (Å²) in [5.74, 6) is 0.242. The standard InChI is InChI=1S/C14H28N2O3S/c1-14(6-9-19-10-7-14)12-16-20(17,18)11-3-2-8-15-13-4-5-13/h13,15-16H,2-12H2,1H3. The molecule has 1 saturated carbocycles. The van der Waals surface area contributed by atoms with E-state index in [1.807, 2.05) is 0 Å². The summed E-state index contributed by atoms with van der Waals surface area (Å²) in [4.78, 5) is 0. The Morgan fingerprint density at radius 2 is 1.90 bits per heavy atom. The normalized spacial score (nSPS) is 22.9. The van der Waals surface area contributed by atoms with Crippen molar-refractivity contribution in [1.29, 1.82) is 0 Å². The van der Waals surface area contributed by atoms with E-state index in [1.165, 1.54) is 12.8 Å². The second-order valence-corrected chi connectivity index (χ2v) is 8.42. The van der Waals surface area contributed by atoms with Crippen LogP contribution in [0.2, 0.25) is 0 Å². The first-order chi connectivity index (χ1) is 9.49. The van der Waals surface area contributed by atoms with Crippen LogP contribution in [0.4, 0.5) is 0 Å². The van der Waals surface area contributed by atoms with Crippen LogP contribution in [-0.2, 0) is 14.8 Å². The molecule has 0 amide bonds. The minimum absolute atomic E-state index is 0.0544. The number of hydrogen-bond donors (Lipinski definition) is 2. The summed E-state index contributed by atoms with van der Waals surface area (Å²) < 4.78 is 32.0. The minimum Gasteiger partial charge on any atom is -0.381 e. The van der Waals surface area contributed by atoms with Crippen LogP contribution in [0.15, 0.2) is 0 Å². The maximum atomic E-state index is 12.0. The summed E-state index contributed by atoms with van der Waals surface area (Å²) in [7, 11) is -3.12. The molecule has 6 heteroatoms. The molecule has 0 aromatic carbocycles. The number of nitrogens with one attached hydrogen (secondary N) is 2. The van der Waals surface area contributed by atoms with Gasteiger partial charge >= 0.3 is 0 Å². The van der Waals surface area contributed by atoms with Gasteiger partial charge in [0, 0.05) is 25.8 Å². The molecule has 0 unspecified atom stereocenters. The van der Waals surface area contributed by atoms with Crippen molar-refractivity contribution in [2.24, 2.45) is 5.41 Å². The Morgan fingerprint density at radius 3 is 2.55 bits per heavy atom. The van der Waals surface area contributed by atoms with E-state index >= 15 is 0 Å². The van der Waals surface area contributed by atoms with E-state index in [4.69, 9.17) is 4.74 Å². The van der Waals surface area contributed by atoms with E-state index in [-0.39, 0.29) is 11.2 Å². The van der Waals surface area contributed by atoms with Crippen LogP contribution in [0.25, 0.3) is 0 Å². The Kier molecular flexibility index (Phi) is 5.84. The molecular formula is C14H28N2O3S. The number of unbranched alkanes of at least 4 members (excludes halogenated alkanes) is 1. The molecular weight excluding hydrogens is 276 g/mol. The van der Waals surface area contributed by atoms with Gasteiger partial charge < -0.3 is 10.1 Å². The average molecular weight is 304 g/mol. The monoisotopic (exact) mass is 304 g/mol. The quantitative estimate of drug-likeness (QED) is 0.629. The smallest absolute Gasteiger partial charge is 0.211 e. The second-order valence-electron chi connectivity index (χ2n) is 6.50. The van der Waals surface area contributed by atoms with Crippen molar-refractivity contribution in [2.45, 2.75) is 51.5 Å². The highest BCUT2D eigenvalue weighted by atomic mass is 32.2. The first-order valence-electron chi connectivity index (χ1n) is 7.78. The molecule has 0 bridgehead atoms. The third kappa shape index (κ3) is 6.08. The maximum Gasteiger partial charge on any atom is 0.211 e. The zero-order valence-corrected chi connectivity index (χ0v) is 13.3. The second kappa shape index (κ2) is 7.20. The average Bonchev–Trinajstić information content (AvgIpc) is 3.21. The SMILES string of the molecule is CC1(CNS(=O)(=O)CCCCNC2CC2)CCOCC1. The molecule has 118 valence electrons. The zero-order chi connectivity index (χ0) is 14.5. The molecule has 2 fully saturated rings. The molecule has 2 aliphatic rings. The molecule has 0 atom stereocenters. The topological polar surface area (TPSA) is 67.4 Å². The highest BCUT2D eigenvalue weighted by Gasteiger charge is 2.28. The van der Waals surface area contributed by atoms with Crippen molar-refractivity contribution in [1.82, 2.24) is 10.0 Å². The molecule has 0 radical (unpaired) electrons. The van der Waals surface area contributed by atoms with Gasteiger partial charge in [-0.3, -0.25) is 0 Å². The molecule has 1 aliphatic heterocycles. The van der Waals surface area contributed by atoms with Crippen molar-refractivity contribution in [3.63, 3.8) is 0 Å². The predicted octanol–water partition coefficient (Wildman–Crippen LogP) is 1.25. The van der Waals surface area contributed by atoms with E-state index in [0.717, 1.165) is 45.4 Å². The van der Waals surface area contributed by atoms with Gasteiger partial charge in [-0.25, -0.2) is 13.1 Å². The van der Waals surface area contributed by atoms with Gasteiger partial charge in [0.1, 0.15) is 0 Å². The lowest BCUT2D eigenvalue weighted by Crippen LogP contribution is -2.40. The molecule has 5 nitrogen and oxygen atoms in total. The first kappa shape index (κ1) is 16.2. The van der Waals surface area contributed by atoms with Crippen LogP contribution in [0.3, 0.4) is 0 Å². The van der Waals surface area contributed by atoms with Crippen LogP contribution in [-0.4, -0.2) is 46.5 Å². The van der Waals surface area contributed by atoms with Gasteiger partial charge in [0.25, 0.3) is 0 Å². The van der Waals surface area contributed by atoms with Gasteiger partial charge in [-0.1, -0.05) is 6.92 Å². The Bertz CT molecular complexity index is 387. The molecule has 0 spiro atoms. The van der Waals surface area contributed by atoms with E-state index in [2.05, 4.69) is 17.0 Å². The summed E-state index contributed by atoms with van der Waals surface area (Å²) in [5, 5.41) is 3.40. The molecule has 1 heterocycles. The fourth-order valence-electron chi connectivity index (χ4n) is 2.41. The lowest BCUT2D eigenvalue weighted by Gasteiger charge is -2.33. The Balaban J connectivity index is 1.59. The van der Waals surface area contributed by atoms with Crippen molar-refractivity contribution >= 4 is 10.0 Å². The van der Waals surface area contributed by atoms with Crippen molar-refractivity contribution < 1.29 is 13.2 Å². The zero-order valence-electron chi connectivity index (χ0n) is 12.5. The van der Waals surface area contributed by atoms with Crippen molar-refractivity contribution in [3.8, 4) is 0 Å². The summed E-state index contributed by atoms with van der Waals surface area (Å²) in [6.45, 7) is 5.10. The predicted molar refractivity (Wildman–Crippen MR) is 80.2 cm³/mol. The van der Waals surface area contributed by atoms with E-state index in [0.29, 0.717) is 12.6 Å². The van der Waals surface area contributed by atoms with E-state index in [9.17, 15) is 8.42 Å². The lowest BCUT2D eigenvalue weighted by atomic mass is 9.83. The maximum absolute atomic E-state index is 12.0. The summed E-state index contributed by atoms with van der Waals surface area (Å²) >= 11 is 0. The molecule has 2 rings (SSSR count). The number of sulfonamides is 1. The van der Waals surface area contributed by atoms with E-state index < -0.39 is 10.0 Å². The molecule has 1 saturated heterocycles. The van der Waals surface area contributed by atoms with Crippen LogP contribution >= 0.6 is 0 Å². The minimum atomic E-state index is -3.12. The summed E-state index contributed by atoms with van der Waals surface area (Å²) in [6, 6.07) is 0.707. The molecule has 1 aliphatic carbocycles.